The molecule has 6 nitrogen and oxygen atoms in total. The molecule has 1 atom stereocenters. The SMILES string of the molecule is COCC(CNC(=O)c1ccc(N)c(OC)c1)OC. The Hall–Kier alpha value is -1.79. The van der Waals surface area contributed by atoms with Crippen molar-refractivity contribution in [1.82, 2.24) is 5.32 Å². The standard InChI is InChI=1S/C13H20N2O4/c1-17-8-10(18-2)7-15-13(16)9-4-5-11(14)12(6-9)19-3/h4-6,10H,7-8,14H2,1-3H3,(H,15,16). The van der Waals surface area contributed by atoms with Gasteiger partial charge in [-0.2, -0.15) is 0 Å². The molecule has 1 aromatic rings. The summed E-state index contributed by atoms with van der Waals surface area (Å²) in [6.45, 7) is 0.789. The molecule has 1 aromatic carbocycles. The van der Waals surface area contributed by atoms with E-state index in [-0.39, 0.29) is 12.0 Å². The summed E-state index contributed by atoms with van der Waals surface area (Å²) in [7, 11) is 4.66. The fraction of sp³-hybridized carbons (Fsp3) is 0.462. The fourth-order valence-electron chi connectivity index (χ4n) is 1.56. The van der Waals surface area contributed by atoms with Crippen LogP contribution in [-0.2, 0) is 9.47 Å². The van der Waals surface area contributed by atoms with Crippen molar-refractivity contribution in [1.29, 1.82) is 0 Å². The molecule has 0 saturated heterocycles. The minimum absolute atomic E-state index is 0.176. The number of benzene rings is 1. The summed E-state index contributed by atoms with van der Waals surface area (Å²) < 4.78 is 15.2. The second-order valence-electron chi connectivity index (χ2n) is 3.98. The highest BCUT2D eigenvalue weighted by Gasteiger charge is 2.12. The topological polar surface area (TPSA) is 82.8 Å². The summed E-state index contributed by atoms with van der Waals surface area (Å²) in [4.78, 5) is 11.9. The van der Waals surface area contributed by atoms with E-state index in [1.807, 2.05) is 0 Å². The van der Waals surface area contributed by atoms with Gasteiger partial charge < -0.3 is 25.3 Å². The van der Waals surface area contributed by atoms with E-state index >= 15 is 0 Å². The maximum Gasteiger partial charge on any atom is 0.251 e. The minimum Gasteiger partial charge on any atom is -0.495 e. The fourth-order valence-corrected chi connectivity index (χ4v) is 1.56. The number of nitrogen functional groups attached to an aromatic ring is 1. The van der Waals surface area contributed by atoms with Crippen LogP contribution in [0.25, 0.3) is 0 Å². The van der Waals surface area contributed by atoms with Crippen LogP contribution in [0.2, 0.25) is 0 Å². The maximum absolute atomic E-state index is 11.9. The lowest BCUT2D eigenvalue weighted by Gasteiger charge is -2.15. The van der Waals surface area contributed by atoms with Crippen molar-refractivity contribution < 1.29 is 19.0 Å². The van der Waals surface area contributed by atoms with Gasteiger partial charge in [0.2, 0.25) is 0 Å². The third-order valence-electron chi connectivity index (χ3n) is 2.67. The van der Waals surface area contributed by atoms with Gasteiger partial charge in [0, 0.05) is 26.3 Å². The lowest BCUT2D eigenvalue weighted by Crippen LogP contribution is -2.35. The predicted molar refractivity (Wildman–Crippen MR) is 72.4 cm³/mol. The minimum atomic E-state index is -0.212. The Balaban J connectivity index is 2.62. The van der Waals surface area contributed by atoms with Gasteiger partial charge in [-0.25, -0.2) is 0 Å². The van der Waals surface area contributed by atoms with Crippen molar-refractivity contribution in [3.8, 4) is 5.75 Å². The summed E-state index contributed by atoms with van der Waals surface area (Å²) in [5.74, 6) is 0.268. The van der Waals surface area contributed by atoms with Crippen molar-refractivity contribution in [2.75, 3.05) is 40.2 Å². The van der Waals surface area contributed by atoms with Crippen LogP contribution in [0.4, 0.5) is 5.69 Å². The molecule has 1 rings (SSSR count). The van der Waals surface area contributed by atoms with Crippen molar-refractivity contribution in [3.05, 3.63) is 23.8 Å². The number of hydrogen-bond donors (Lipinski definition) is 2. The van der Waals surface area contributed by atoms with Crippen molar-refractivity contribution in [3.63, 3.8) is 0 Å². The molecular weight excluding hydrogens is 248 g/mol. The van der Waals surface area contributed by atoms with Gasteiger partial charge in [0.15, 0.2) is 0 Å². The monoisotopic (exact) mass is 268 g/mol. The maximum atomic E-state index is 11.9. The number of hydrogen-bond acceptors (Lipinski definition) is 5. The third-order valence-corrected chi connectivity index (χ3v) is 2.67. The first-order valence-corrected chi connectivity index (χ1v) is 5.85. The number of nitrogens with one attached hydrogen (secondary N) is 1. The summed E-state index contributed by atoms with van der Waals surface area (Å²) in [6.07, 6.45) is -0.176. The Bertz CT molecular complexity index is 423. The van der Waals surface area contributed by atoms with Crippen molar-refractivity contribution >= 4 is 11.6 Å². The normalized spacial score (nSPS) is 11.9. The van der Waals surface area contributed by atoms with Crippen LogP contribution in [0.15, 0.2) is 18.2 Å². The molecule has 0 aliphatic rings. The second kappa shape index (κ2) is 7.60. The Morgan fingerprint density at radius 1 is 1.37 bits per heavy atom. The number of rotatable bonds is 7. The first kappa shape index (κ1) is 15.3. The van der Waals surface area contributed by atoms with E-state index in [1.165, 1.54) is 7.11 Å². The van der Waals surface area contributed by atoms with Crippen molar-refractivity contribution in [2.24, 2.45) is 0 Å². The molecule has 1 unspecified atom stereocenters. The molecule has 0 bridgehead atoms. The van der Waals surface area contributed by atoms with Crippen LogP contribution in [0.3, 0.4) is 0 Å². The summed E-state index contributed by atoms with van der Waals surface area (Å²) in [5.41, 5.74) is 6.67. The Labute approximate surface area is 112 Å². The molecule has 1 amide bonds. The van der Waals surface area contributed by atoms with Gasteiger partial charge in [-0.05, 0) is 18.2 Å². The Morgan fingerprint density at radius 3 is 2.68 bits per heavy atom. The van der Waals surface area contributed by atoms with Crippen molar-refractivity contribution in [2.45, 2.75) is 6.10 Å². The molecule has 0 aliphatic heterocycles. The first-order chi connectivity index (χ1) is 9.12. The molecular formula is C13H20N2O4. The van der Waals surface area contributed by atoms with Crippen LogP contribution in [-0.4, -0.2) is 46.5 Å². The predicted octanol–water partition coefficient (Wildman–Crippen LogP) is 0.669. The van der Waals surface area contributed by atoms with Gasteiger partial charge in [-0.1, -0.05) is 0 Å². The van der Waals surface area contributed by atoms with Gasteiger partial charge >= 0.3 is 0 Å². The first-order valence-electron chi connectivity index (χ1n) is 5.85. The van der Waals surface area contributed by atoms with Gasteiger partial charge in [-0.3, -0.25) is 4.79 Å². The molecule has 0 radical (unpaired) electrons. The molecule has 19 heavy (non-hydrogen) atoms. The molecule has 0 aromatic heterocycles. The zero-order valence-corrected chi connectivity index (χ0v) is 11.4. The molecule has 0 heterocycles. The number of methoxy groups -OCH3 is 3. The molecule has 3 N–H and O–H groups in total. The van der Waals surface area contributed by atoms with E-state index in [2.05, 4.69) is 5.32 Å². The van der Waals surface area contributed by atoms with E-state index in [1.54, 1.807) is 32.4 Å². The number of carbonyl (C=O) groups is 1. The van der Waals surface area contributed by atoms with E-state index in [0.29, 0.717) is 30.2 Å². The summed E-state index contributed by atoms with van der Waals surface area (Å²) in [6, 6.07) is 4.88. The highest BCUT2D eigenvalue weighted by atomic mass is 16.5. The molecule has 6 heteroatoms. The average molecular weight is 268 g/mol. The molecule has 0 saturated carbocycles. The number of amides is 1. The molecule has 106 valence electrons. The van der Waals surface area contributed by atoms with E-state index < -0.39 is 0 Å². The Morgan fingerprint density at radius 2 is 2.11 bits per heavy atom. The van der Waals surface area contributed by atoms with Crippen LogP contribution in [0.5, 0.6) is 5.75 Å². The number of carbonyl (C=O) groups excluding carboxylic acids is 1. The van der Waals surface area contributed by atoms with Gasteiger partial charge in [0.1, 0.15) is 5.75 Å². The van der Waals surface area contributed by atoms with Crippen LogP contribution in [0.1, 0.15) is 10.4 Å². The molecule has 0 aliphatic carbocycles. The summed E-state index contributed by atoms with van der Waals surface area (Å²) in [5, 5.41) is 2.77. The highest BCUT2D eigenvalue weighted by Crippen LogP contribution is 2.21. The van der Waals surface area contributed by atoms with E-state index in [4.69, 9.17) is 19.9 Å². The largest absolute Gasteiger partial charge is 0.495 e. The zero-order chi connectivity index (χ0) is 14.3. The van der Waals surface area contributed by atoms with E-state index in [9.17, 15) is 4.79 Å². The van der Waals surface area contributed by atoms with Crippen LogP contribution >= 0.6 is 0 Å². The van der Waals surface area contributed by atoms with Crippen LogP contribution < -0.4 is 15.8 Å². The molecule has 0 fully saturated rings. The van der Waals surface area contributed by atoms with E-state index in [0.717, 1.165) is 0 Å². The number of ether oxygens (including phenoxy) is 3. The molecule has 0 spiro atoms. The third kappa shape index (κ3) is 4.42. The van der Waals surface area contributed by atoms with Gasteiger partial charge in [0.25, 0.3) is 5.91 Å². The van der Waals surface area contributed by atoms with Gasteiger partial charge in [0.05, 0.1) is 25.5 Å². The lowest BCUT2D eigenvalue weighted by molar-refractivity contribution is 0.0285. The smallest absolute Gasteiger partial charge is 0.251 e. The summed E-state index contributed by atoms with van der Waals surface area (Å²) >= 11 is 0. The average Bonchev–Trinajstić information content (AvgIpc) is 2.43. The van der Waals surface area contributed by atoms with Crippen LogP contribution in [0, 0.1) is 0 Å². The van der Waals surface area contributed by atoms with Gasteiger partial charge in [-0.15, -0.1) is 0 Å². The quantitative estimate of drug-likeness (QED) is 0.710. The Kier molecular flexibility index (Phi) is 6.11. The second-order valence-corrected chi connectivity index (χ2v) is 3.98. The number of nitrogens with two attached hydrogens (primary N) is 1. The highest BCUT2D eigenvalue weighted by molar-refractivity contribution is 5.95. The zero-order valence-electron chi connectivity index (χ0n) is 11.4. The lowest BCUT2D eigenvalue weighted by atomic mass is 10.1. The number of anilines is 1.